The van der Waals surface area contributed by atoms with Crippen LogP contribution in [0, 0.1) is 25.7 Å². The molecule has 6 aromatic rings. The van der Waals surface area contributed by atoms with E-state index in [9.17, 15) is 44.7 Å². The Balaban J connectivity index is 0.000000205. The first-order valence-corrected chi connectivity index (χ1v) is 19.8. The summed E-state index contributed by atoms with van der Waals surface area (Å²) in [5.41, 5.74) is 0.486. The second-order valence-corrected chi connectivity index (χ2v) is 16.0. The zero-order valence-corrected chi connectivity index (χ0v) is 36.4. The molecule has 64 heavy (non-hydrogen) atoms. The van der Waals surface area contributed by atoms with Crippen molar-refractivity contribution in [3.8, 4) is 11.1 Å². The van der Waals surface area contributed by atoms with Crippen molar-refractivity contribution < 1.29 is 54.0 Å². The van der Waals surface area contributed by atoms with E-state index >= 15 is 0 Å². The van der Waals surface area contributed by atoms with Crippen molar-refractivity contribution in [2.75, 3.05) is 10.6 Å². The monoisotopic (exact) mass is 956 g/mol. The third-order valence-corrected chi connectivity index (χ3v) is 10.4. The first-order chi connectivity index (χ1) is 29.8. The Morgan fingerprint density at radius 1 is 0.625 bits per heavy atom. The summed E-state index contributed by atoms with van der Waals surface area (Å²) in [7, 11) is -0.669. The second-order valence-electron chi connectivity index (χ2n) is 15.1. The number of rotatable bonds is 6. The quantitative estimate of drug-likeness (QED) is 0.0960. The highest BCUT2D eigenvalue weighted by Crippen LogP contribution is 2.37. The van der Waals surface area contributed by atoms with Crippen LogP contribution >= 0.6 is 15.9 Å². The third kappa shape index (κ3) is 12.8. The van der Waals surface area contributed by atoms with Crippen LogP contribution in [0.5, 0.6) is 0 Å². The summed E-state index contributed by atoms with van der Waals surface area (Å²) in [4.78, 5) is 40.0. The number of anilines is 2. The molecule has 5 heterocycles. The largest absolute Gasteiger partial charge is 0.496 e. The molecule has 0 radical (unpaired) electrons. The second kappa shape index (κ2) is 19.7. The number of pyridine rings is 4. The molecular weight excluding hydrogens is 919 g/mol. The number of hydrogen-bond acceptors (Lipinski definition) is 8. The van der Waals surface area contributed by atoms with Gasteiger partial charge in [-0.15, -0.1) is 0 Å². The van der Waals surface area contributed by atoms with Gasteiger partial charge in [-0.1, -0.05) is 28.1 Å². The molecule has 10 nitrogen and oxygen atoms in total. The highest BCUT2D eigenvalue weighted by atomic mass is 79.9. The minimum atomic E-state index is -4.54. The molecule has 0 spiro atoms. The predicted octanol–water partition coefficient (Wildman–Crippen LogP) is 10.8. The van der Waals surface area contributed by atoms with Crippen LogP contribution in [0.4, 0.5) is 46.5 Å². The van der Waals surface area contributed by atoms with Crippen molar-refractivity contribution in [2.24, 2.45) is 0 Å². The molecule has 1 fully saturated rings. The highest BCUT2D eigenvalue weighted by Gasteiger charge is 2.52. The van der Waals surface area contributed by atoms with Gasteiger partial charge in [0.25, 0.3) is 11.8 Å². The number of benzene rings is 2. The van der Waals surface area contributed by atoms with Crippen molar-refractivity contribution in [3.05, 3.63) is 160 Å². The van der Waals surface area contributed by atoms with Crippen molar-refractivity contribution in [2.45, 2.75) is 65.1 Å². The van der Waals surface area contributed by atoms with Gasteiger partial charge in [0.05, 0.1) is 46.1 Å². The first kappa shape index (κ1) is 48.9. The Morgan fingerprint density at radius 2 is 1.09 bits per heavy atom. The van der Waals surface area contributed by atoms with Crippen LogP contribution < -0.4 is 16.1 Å². The minimum absolute atomic E-state index is 0.0995. The molecule has 2 N–H and O–H groups in total. The first-order valence-electron chi connectivity index (χ1n) is 19.0. The molecule has 7 rings (SSSR count). The lowest BCUT2D eigenvalue weighted by Crippen LogP contribution is -2.41. The van der Waals surface area contributed by atoms with Gasteiger partial charge in [0.15, 0.2) is 0 Å². The molecule has 0 bridgehead atoms. The van der Waals surface area contributed by atoms with Gasteiger partial charge in [-0.25, -0.2) is 9.97 Å². The molecule has 1 aliphatic heterocycles. The normalized spacial score (nSPS) is 14.1. The SMILES string of the molecule is Cc1ncc(NC(=O)c2cccc(C(F)(F)F)c2)cc1-c1ccnc(F)c1.Cc1ncc(NC(=O)c2cccc(C(F)(F)F)c2)cc1B1OC(C)(C)C(C)(C)O1.Fc1cc(Br)ccn1. The molecule has 20 heteroatoms. The number of nitrogens with zero attached hydrogens (tertiary/aromatic N) is 4. The van der Waals surface area contributed by atoms with Crippen LogP contribution in [-0.4, -0.2) is 50.1 Å². The fourth-order valence-corrected chi connectivity index (χ4v) is 6.06. The van der Waals surface area contributed by atoms with Gasteiger partial charge in [-0.2, -0.15) is 35.1 Å². The molecule has 0 unspecified atom stereocenters. The van der Waals surface area contributed by atoms with E-state index in [1.807, 2.05) is 27.7 Å². The number of nitrogens with one attached hydrogen (secondary N) is 2. The van der Waals surface area contributed by atoms with Gasteiger partial charge in [-0.05, 0) is 108 Å². The number of carbonyl (C=O) groups is 2. The van der Waals surface area contributed by atoms with Crippen LogP contribution in [0.2, 0.25) is 0 Å². The summed E-state index contributed by atoms with van der Waals surface area (Å²) >= 11 is 3.08. The van der Waals surface area contributed by atoms with Crippen molar-refractivity contribution in [1.82, 2.24) is 19.9 Å². The zero-order chi connectivity index (χ0) is 47.2. The third-order valence-electron chi connectivity index (χ3n) is 9.87. The number of halogens is 9. The molecule has 0 atom stereocenters. The summed E-state index contributed by atoms with van der Waals surface area (Å²) in [5.74, 6) is -2.50. The van der Waals surface area contributed by atoms with Crippen LogP contribution in [0.25, 0.3) is 11.1 Å². The van der Waals surface area contributed by atoms with Gasteiger partial charge in [-0.3, -0.25) is 19.6 Å². The van der Waals surface area contributed by atoms with Gasteiger partial charge in [0, 0.05) is 62.5 Å². The summed E-state index contributed by atoms with van der Waals surface area (Å²) in [6.45, 7) is 11.2. The van der Waals surface area contributed by atoms with E-state index in [0.717, 1.165) is 30.3 Å². The van der Waals surface area contributed by atoms with Crippen LogP contribution in [0.3, 0.4) is 0 Å². The highest BCUT2D eigenvalue weighted by molar-refractivity contribution is 9.10. The topological polar surface area (TPSA) is 128 Å². The van der Waals surface area contributed by atoms with Crippen LogP contribution in [0.15, 0.2) is 114 Å². The zero-order valence-electron chi connectivity index (χ0n) is 34.8. The molecular formula is C44H38BBrF8N6O4. The fraction of sp³-hybridized carbons (Fsp3) is 0.227. The van der Waals surface area contributed by atoms with Crippen molar-refractivity contribution in [1.29, 1.82) is 0 Å². The number of hydrogen-bond donors (Lipinski definition) is 2. The molecule has 0 saturated carbocycles. The van der Waals surface area contributed by atoms with Gasteiger partial charge >= 0.3 is 19.5 Å². The lowest BCUT2D eigenvalue weighted by molar-refractivity contribution is -0.138. The Morgan fingerprint density at radius 3 is 1.55 bits per heavy atom. The number of alkyl halides is 6. The van der Waals surface area contributed by atoms with E-state index in [1.165, 1.54) is 55.1 Å². The molecule has 1 saturated heterocycles. The Kier molecular flexibility index (Phi) is 15.1. The van der Waals surface area contributed by atoms with E-state index < -0.39 is 65.5 Å². The summed E-state index contributed by atoms with van der Waals surface area (Å²) in [6, 6.07) is 17.4. The number of carbonyl (C=O) groups excluding carboxylic acids is 2. The average molecular weight is 958 g/mol. The number of amides is 2. The lowest BCUT2D eigenvalue weighted by atomic mass is 9.78. The van der Waals surface area contributed by atoms with E-state index in [0.29, 0.717) is 38.1 Å². The van der Waals surface area contributed by atoms with Crippen LogP contribution in [0.1, 0.15) is 70.9 Å². The van der Waals surface area contributed by atoms with Gasteiger partial charge < -0.3 is 19.9 Å². The smallest absolute Gasteiger partial charge is 0.399 e. The van der Waals surface area contributed by atoms with E-state index in [4.69, 9.17) is 9.31 Å². The summed E-state index contributed by atoms with van der Waals surface area (Å²) in [5, 5.41) is 5.10. The maximum absolute atomic E-state index is 13.4. The van der Waals surface area contributed by atoms with Gasteiger partial charge in [0.1, 0.15) is 0 Å². The molecule has 4 aromatic heterocycles. The minimum Gasteiger partial charge on any atom is -0.399 e. The maximum atomic E-state index is 13.4. The number of aromatic nitrogens is 4. The van der Waals surface area contributed by atoms with E-state index in [2.05, 4.69) is 46.5 Å². The molecule has 2 aromatic carbocycles. The van der Waals surface area contributed by atoms with Crippen molar-refractivity contribution in [3.63, 3.8) is 0 Å². The Hall–Kier alpha value is -6.12. The molecule has 1 aliphatic rings. The predicted molar refractivity (Wildman–Crippen MR) is 228 cm³/mol. The Labute approximate surface area is 371 Å². The lowest BCUT2D eigenvalue weighted by Gasteiger charge is -2.32. The average Bonchev–Trinajstić information content (AvgIpc) is 3.44. The number of aryl methyl sites for hydroxylation is 2. The van der Waals surface area contributed by atoms with Gasteiger partial charge in [0.2, 0.25) is 11.9 Å². The summed E-state index contributed by atoms with van der Waals surface area (Å²) < 4.78 is 115. The van der Waals surface area contributed by atoms with Crippen LogP contribution in [-0.2, 0) is 21.7 Å². The summed E-state index contributed by atoms with van der Waals surface area (Å²) in [6.07, 6.45) is -3.54. The van der Waals surface area contributed by atoms with E-state index in [-0.39, 0.29) is 16.8 Å². The standard InChI is InChI=1S/C20H22BF3N2O3.C19H13F4N3O.C5H3BrFN/c1-12-16(21-28-18(2,3)19(4,5)29-21)10-15(11-25-12)26-17(27)13-7-6-8-14(9-13)20(22,23)24;1-11-16(12-5-6-24-17(20)8-12)9-15(10-25-11)26-18(27)13-3-2-4-14(7-13)19(21,22)23;6-4-1-2-8-5(7)3-4/h6-11H,1-5H3,(H,26,27);2-10H,1H3,(H,26,27);1-3H. The Bertz CT molecular complexity index is 2620. The van der Waals surface area contributed by atoms with Crippen molar-refractivity contribution >= 4 is 51.7 Å². The van der Waals surface area contributed by atoms with E-state index in [1.54, 1.807) is 38.1 Å². The maximum Gasteiger partial charge on any atom is 0.496 e. The molecule has 0 aliphatic carbocycles. The fourth-order valence-electron chi connectivity index (χ4n) is 5.75. The molecule has 334 valence electrons. The molecule has 2 amide bonds.